The van der Waals surface area contributed by atoms with Crippen molar-refractivity contribution in [3.05, 3.63) is 23.9 Å². The van der Waals surface area contributed by atoms with Crippen LogP contribution in [0.25, 0.3) is 0 Å². The second-order valence-electron chi connectivity index (χ2n) is 4.99. The Morgan fingerprint density at radius 3 is 3.17 bits per heavy atom. The van der Waals surface area contributed by atoms with Gasteiger partial charge in [-0.25, -0.2) is 9.78 Å². The van der Waals surface area contributed by atoms with Gasteiger partial charge in [-0.2, -0.15) is 0 Å². The molecule has 2 atom stereocenters. The molecule has 0 radical (unpaired) electrons. The molecule has 0 spiro atoms. The zero-order valence-electron chi connectivity index (χ0n) is 10.2. The lowest BCUT2D eigenvalue weighted by Crippen LogP contribution is -2.34. The summed E-state index contributed by atoms with van der Waals surface area (Å²) in [6, 6.07) is 4.14. The highest BCUT2D eigenvalue weighted by atomic mass is 16.4. The van der Waals surface area contributed by atoms with Gasteiger partial charge in [0.1, 0.15) is 11.4 Å². The minimum absolute atomic E-state index is 0.258. The first-order valence-corrected chi connectivity index (χ1v) is 6.44. The summed E-state index contributed by atoms with van der Waals surface area (Å²) in [7, 11) is 0. The zero-order valence-corrected chi connectivity index (χ0v) is 10.2. The Bertz CT molecular complexity index is 463. The molecule has 2 unspecified atom stereocenters. The highest BCUT2D eigenvalue weighted by Crippen LogP contribution is 2.30. The molecule has 1 aromatic rings. The predicted molar refractivity (Wildman–Crippen MR) is 67.8 cm³/mol. The Morgan fingerprint density at radius 2 is 2.33 bits per heavy atom. The minimum Gasteiger partial charge on any atom is -0.478 e. The summed E-state index contributed by atoms with van der Waals surface area (Å²) in [6.07, 6.45) is 5.15. The van der Waals surface area contributed by atoms with Crippen LogP contribution in [-0.2, 0) is 0 Å². The van der Waals surface area contributed by atoms with E-state index in [1.165, 1.54) is 19.4 Å². The van der Waals surface area contributed by atoms with Crippen LogP contribution in [0.4, 0.5) is 5.82 Å². The van der Waals surface area contributed by atoms with Crippen LogP contribution in [0, 0.1) is 0 Å². The summed E-state index contributed by atoms with van der Waals surface area (Å²) >= 11 is 0. The molecule has 96 valence electrons. The summed E-state index contributed by atoms with van der Waals surface area (Å²) in [5, 5.41) is 12.5. The third kappa shape index (κ3) is 1.95. The van der Waals surface area contributed by atoms with Gasteiger partial charge in [-0.1, -0.05) is 0 Å². The van der Waals surface area contributed by atoms with Crippen molar-refractivity contribution in [1.29, 1.82) is 0 Å². The molecule has 0 aliphatic carbocycles. The van der Waals surface area contributed by atoms with E-state index in [9.17, 15) is 4.79 Å². The van der Waals surface area contributed by atoms with Gasteiger partial charge in [-0.3, -0.25) is 4.90 Å². The number of nitrogens with zero attached hydrogens (tertiary/aromatic N) is 2. The first kappa shape index (κ1) is 11.5. The molecule has 2 saturated heterocycles. The maximum atomic E-state index is 11.1. The quantitative estimate of drug-likeness (QED) is 0.846. The molecular weight excluding hydrogens is 230 g/mol. The van der Waals surface area contributed by atoms with Crippen LogP contribution in [0.2, 0.25) is 0 Å². The van der Waals surface area contributed by atoms with Crippen LogP contribution in [0.1, 0.15) is 29.6 Å². The minimum atomic E-state index is -0.924. The van der Waals surface area contributed by atoms with Crippen LogP contribution in [0.5, 0.6) is 0 Å². The van der Waals surface area contributed by atoms with E-state index >= 15 is 0 Å². The van der Waals surface area contributed by atoms with Gasteiger partial charge in [0, 0.05) is 24.8 Å². The van der Waals surface area contributed by atoms with Crippen LogP contribution in [0.15, 0.2) is 18.3 Å². The van der Waals surface area contributed by atoms with E-state index in [1.807, 2.05) is 0 Å². The number of carbonyl (C=O) groups is 1. The molecule has 1 aromatic heterocycles. The Morgan fingerprint density at radius 1 is 1.44 bits per heavy atom. The van der Waals surface area contributed by atoms with Crippen molar-refractivity contribution < 1.29 is 9.90 Å². The highest BCUT2D eigenvalue weighted by Gasteiger charge is 2.37. The maximum absolute atomic E-state index is 11.1. The summed E-state index contributed by atoms with van der Waals surface area (Å²) in [4.78, 5) is 17.8. The van der Waals surface area contributed by atoms with E-state index in [0.717, 1.165) is 13.0 Å². The molecule has 5 heteroatoms. The van der Waals surface area contributed by atoms with E-state index in [4.69, 9.17) is 5.11 Å². The molecule has 0 saturated carbocycles. The SMILES string of the molecule is O=C(O)c1cccnc1NC1CCN2CCCC12. The smallest absolute Gasteiger partial charge is 0.339 e. The second-order valence-corrected chi connectivity index (χ2v) is 4.99. The van der Waals surface area contributed by atoms with E-state index < -0.39 is 5.97 Å². The summed E-state index contributed by atoms with van der Waals surface area (Å²) < 4.78 is 0. The first-order chi connectivity index (χ1) is 8.75. The normalized spacial score (nSPS) is 27.1. The number of hydrogen-bond acceptors (Lipinski definition) is 4. The molecule has 0 aromatic carbocycles. The lowest BCUT2D eigenvalue weighted by Gasteiger charge is -2.22. The molecular formula is C13H17N3O2. The average Bonchev–Trinajstić information content (AvgIpc) is 2.94. The fourth-order valence-corrected chi connectivity index (χ4v) is 3.12. The zero-order chi connectivity index (χ0) is 12.5. The number of pyridine rings is 1. The van der Waals surface area contributed by atoms with Gasteiger partial charge in [-0.15, -0.1) is 0 Å². The largest absolute Gasteiger partial charge is 0.478 e. The standard InChI is InChI=1S/C13H17N3O2/c17-13(18)9-3-1-6-14-12(9)15-10-5-8-16-7-2-4-11(10)16/h1,3,6,10-11H,2,4-5,7-8H2,(H,14,15)(H,17,18). The van der Waals surface area contributed by atoms with Gasteiger partial charge in [-0.05, 0) is 37.9 Å². The molecule has 3 heterocycles. The first-order valence-electron chi connectivity index (χ1n) is 6.44. The van der Waals surface area contributed by atoms with Gasteiger partial charge in [0.05, 0.1) is 0 Å². The molecule has 2 aliphatic heterocycles. The number of hydrogen-bond donors (Lipinski definition) is 2. The Hall–Kier alpha value is -1.62. The number of carboxylic acid groups (broad SMARTS) is 1. The van der Waals surface area contributed by atoms with Crippen molar-refractivity contribution >= 4 is 11.8 Å². The van der Waals surface area contributed by atoms with Crippen molar-refractivity contribution in [3.63, 3.8) is 0 Å². The van der Waals surface area contributed by atoms with Gasteiger partial charge in [0.2, 0.25) is 0 Å². The van der Waals surface area contributed by atoms with E-state index in [1.54, 1.807) is 18.3 Å². The molecule has 2 aliphatic rings. The molecule has 0 amide bonds. The van der Waals surface area contributed by atoms with Crippen molar-refractivity contribution in [2.24, 2.45) is 0 Å². The van der Waals surface area contributed by atoms with Gasteiger partial charge in [0.15, 0.2) is 0 Å². The van der Waals surface area contributed by atoms with Crippen molar-refractivity contribution in [2.45, 2.75) is 31.3 Å². The van der Waals surface area contributed by atoms with Crippen LogP contribution >= 0.6 is 0 Å². The number of aromatic carboxylic acids is 1. The molecule has 18 heavy (non-hydrogen) atoms. The lowest BCUT2D eigenvalue weighted by molar-refractivity contribution is 0.0697. The topological polar surface area (TPSA) is 65.5 Å². The number of rotatable bonds is 3. The van der Waals surface area contributed by atoms with Crippen LogP contribution in [-0.4, -0.2) is 46.1 Å². The molecule has 5 nitrogen and oxygen atoms in total. The van der Waals surface area contributed by atoms with Gasteiger partial charge in [0.25, 0.3) is 0 Å². The van der Waals surface area contributed by atoms with E-state index in [2.05, 4.69) is 15.2 Å². The van der Waals surface area contributed by atoms with Crippen LogP contribution in [0.3, 0.4) is 0 Å². The fourth-order valence-electron chi connectivity index (χ4n) is 3.12. The van der Waals surface area contributed by atoms with E-state index in [0.29, 0.717) is 17.9 Å². The number of fused-ring (bicyclic) bond motifs is 1. The van der Waals surface area contributed by atoms with Crippen LogP contribution < -0.4 is 5.32 Å². The maximum Gasteiger partial charge on any atom is 0.339 e. The van der Waals surface area contributed by atoms with E-state index in [-0.39, 0.29) is 5.56 Å². The second kappa shape index (κ2) is 4.57. The number of nitrogens with one attached hydrogen (secondary N) is 1. The third-order valence-electron chi connectivity index (χ3n) is 3.97. The summed E-state index contributed by atoms with van der Waals surface area (Å²) in [5.41, 5.74) is 0.258. The Balaban J connectivity index is 1.78. The summed E-state index contributed by atoms with van der Waals surface area (Å²) in [6.45, 7) is 2.29. The van der Waals surface area contributed by atoms with Gasteiger partial charge >= 0.3 is 5.97 Å². The molecule has 3 rings (SSSR count). The lowest BCUT2D eigenvalue weighted by atomic mass is 10.1. The van der Waals surface area contributed by atoms with Gasteiger partial charge < -0.3 is 10.4 Å². The Labute approximate surface area is 106 Å². The number of anilines is 1. The van der Waals surface area contributed by atoms with Crippen molar-refractivity contribution in [3.8, 4) is 0 Å². The molecule has 2 fully saturated rings. The van der Waals surface area contributed by atoms with Crippen molar-refractivity contribution in [2.75, 3.05) is 18.4 Å². The number of aromatic nitrogens is 1. The predicted octanol–water partition coefficient (Wildman–Crippen LogP) is 1.43. The average molecular weight is 247 g/mol. The fraction of sp³-hybridized carbons (Fsp3) is 0.538. The Kier molecular flexibility index (Phi) is 2.91. The summed E-state index contributed by atoms with van der Waals surface area (Å²) in [5.74, 6) is -0.421. The molecule has 2 N–H and O–H groups in total. The third-order valence-corrected chi connectivity index (χ3v) is 3.97. The van der Waals surface area contributed by atoms with Crippen molar-refractivity contribution in [1.82, 2.24) is 9.88 Å². The number of carboxylic acids is 1. The molecule has 0 bridgehead atoms. The monoisotopic (exact) mass is 247 g/mol. The highest BCUT2D eigenvalue weighted by molar-refractivity contribution is 5.93.